The summed E-state index contributed by atoms with van der Waals surface area (Å²) in [7, 11) is 0. The summed E-state index contributed by atoms with van der Waals surface area (Å²) in [6, 6.07) is 37.1. The molecule has 5 rings (SSSR count). The second kappa shape index (κ2) is 8.28. The van der Waals surface area contributed by atoms with E-state index < -0.39 is 0 Å². The molecule has 1 heteroatoms. The predicted molar refractivity (Wildman–Crippen MR) is 134 cm³/mol. The van der Waals surface area contributed by atoms with Gasteiger partial charge in [0.05, 0.1) is 0 Å². The quantitative estimate of drug-likeness (QED) is 0.341. The first-order chi connectivity index (χ1) is 15.6. The average Bonchev–Trinajstić information content (AvgIpc) is 3.14. The molecule has 32 heavy (non-hydrogen) atoms. The van der Waals surface area contributed by atoms with Gasteiger partial charge in [0.25, 0.3) is 0 Å². The van der Waals surface area contributed by atoms with Gasteiger partial charge in [-0.15, -0.1) is 0 Å². The molecule has 0 unspecified atom stereocenters. The van der Waals surface area contributed by atoms with Crippen molar-refractivity contribution < 1.29 is 4.79 Å². The molecule has 0 amide bonds. The lowest BCUT2D eigenvalue weighted by Crippen LogP contribution is -2.02. The fourth-order valence-electron chi connectivity index (χ4n) is 4.38. The van der Waals surface area contributed by atoms with E-state index >= 15 is 0 Å². The van der Waals surface area contributed by atoms with E-state index in [2.05, 4.69) is 86.6 Å². The van der Waals surface area contributed by atoms with Crippen LogP contribution in [0.25, 0.3) is 22.3 Å². The molecule has 0 aliphatic heterocycles. The van der Waals surface area contributed by atoms with Crippen LogP contribution in [0.4, 0.5) is 0 Å². The minimum absolute atomic E-state index is 0.0791. The van der Waals surface area contributed by atoms with Crippen molar-refractivity contribution in [3.63, 3.8) is 0 Å². The fraction of sp³-hybridized carbons (Fsp3) is 0.0645. The molecule has 0 bridgehead atoms. The van der Waals surface area contributed by atoms with Crippen molar-refractivity contribution in [2.24, 2.45) is 0 Å². The Morgan fingerprint density at radius 1 is 0.375 bits per heavy atom. The summed E-state index contributed by atoms with van der Waals surface area (Å²) >= 11 is 0. The fourth-order valence-corrected chi connectivity index (χ4v) is 4.38. The molecule has 1 nitrogen and oxygen atoms in total. The molecule has 0 heterocycles. The highest BCUT2D eigenvalue weighted by molar-refractivity contribution is 6.59. The van der Waals surface area contributed by atoms with Gasteiger partial charge in [-0.2, -0.15) is 0 Å². The summed E-state index contributed by atoms with van der Waals surface area (Å²) in [4.78, 5) is 14.1. The van der Waals surface area contributed by atoms with Gasteiger partial charge in [-0.25, -0.2) is 0 Å². The lowest BCUT2D eigenvalue weighted by Gasteiger charge is -2.13. The number of hydrogen-bond acceptors (Lipinski definition) is 1. The van der Waals surface area contributed by atoms with Gasteiger partial charge in [0.1, 0.15) is 0 Å². The van der Waals surface area contributed by atoms with E-state index in [-0.39, 0.29) is 5.78 Å². The Hall–Kier alpha value is -3.97. The predicted octanol–water partition coefficient (Wildman–Crippen LogP) is 7.41. The second-order valence-electron chi connectivity index (χ2n) is 8.29. The summed E-state index contributed by atoms with van der Waals surface area (Å²) < 4.78 is 0. The van der Waals surface area contributed by atoms with E-state index in [4.69, 9.17) is 0 Å². The van der Waals surface area contributed by atoms with Crippen molar-refractivity contribution in [1.82, 2.24) is 0 Å². The monoisotopic (exact) mass is 412 g/mol. The SMILES string of the molecule is Cc1ccc(C2=C(c3ccccc3)C(c3ccccc3)=C(c3ccc(C)cc3)C2=O)cc1. The number of allylic oxidation sites excluding steroid dienone is 4. The topological polar surface area (TPSA) is 17.1 Å². The normalized spacial score (nSPS) is 13.8. The van der Waals surface area contributed by atoms with Gasteiger partial charge in [0, 0.05) is 22.3 Å². The molecule has 1 aliphatic rings. The van der Waals surface area contributed by atoms with E-state index in [0.717, 1.165) is 44.5 Å². The van der Waals surface area contributed by atoms with Crippen molar-refractivity contribution in [2.75, 3.05) is 0 Å². The summed E-state index contributed by atoms with van der Waals surface area (Å²) in [5, 5.41) is 0. The van der Waals surface area contributed by atoms with Crippen LogP contribution in [0.2, 0.25) is 0 Å². The Bertz CT molecular complexity index is 1230. The largest absolute Gasteiger partial charge is 0.289 e. The Morgan fingerprint density at radius 3 is 1.03 bits per heavy atom. The molecule has 0 saturated carbocycles. The van der Waals surface area contributed by atoms with Crippen LogP contribution in [-0.4, -0.2) is 5.78 Å². The Morgan fingerprint density at radius 2 is 0.688 bits per heavy atom. The first-order valence-corrected chi connectivity index (χ1v) is 10.9. The van der Waals surface area contributed by atoms with Crippen molar-refractivity contribution in [2.45, 2.75) is 13.8 Å². The van der Waals surface area contributed by atoms with Crippen molar-refractivity contribution in [3.8, 4) is 0 Å². The van der Waals surface area contributed by atoms with Gasteiger partial charge in [-0.05, 0) is 36.1 Å². The maximum absolute atomic E-state index is 14.1. The summed E-state index contributed by atoms with van der Waals surface area (Å²) in [6.07, 6.45) is 0. The first-order valence-electron chi connectivity index (χ1n) is 10.9. The first kappa shape index (κ1) is 20.0. The summed E-state index contributed by atoms with van der Waals surface area (Å²) in [5.74, 6) is 0.0791. The van der Waals surface area contributed by atoms with E-state index in [1.54, 1.807) is 0 Å². The minimum Gasteiger partial charge on any atom is -0.289 e. The van der Waals surface area contributed by atoms with Crippen molar-refractivity contribution in [1.29, 1.82) is 0 Å². The number of carbonyl (C=O) groups is 1. The molecule has 4 aromatic rings. The molecule has 0 radical (unpaired) electrons. The standard InChI is InChI=1S/C31H24O/c1-21-13-17-25(18-14-21)29-27(23-9-5-3-6-10-23)28(24-11-7-4-8-12-24)30(31(29)32)26-19-15-22(2)16-20-26/h3-20H,1-2H3. The van der Waals surface area contributed by atoms with E-state index in [9.17, 15) is 4.79 Å². The molecule has 1 aliphatic carbocycles. The number of benzene rings is 4. The number of aryl methyl sites for hydroxylation is 2. The smallest absolute Gasteiger partial charge is 0.195 e. The Kier molecular flexibility index (Phi) is 5.17. The van der Waals surface area contributed by atoms with E-state index in [1.165, 1.54) is 11.1 Å². The van der Waals surface area contributed by atoms with Gasteiger partial charge in [0.2, 0.25) is 0 Å². The maximum Gasteiger partial charge on any atom is 0.195 e. The zero-order valence-electron chi connectivity index (χ0n) is 18.3. The zero-order valence-corrected chi connectivity index (χ0v) is 18.3. The maximum atomic E-state index is 14.1. The zero-order chi connectivity index (χ0) is 22.1. The number of rotatable bonds is 4. The molecule has 0 fully saturated rings. The molecule has 154 valence electrons. The van der Waals surface area contributed by atoms with Crippen LogP contribution in [0.15, 0.2) is 109 Å². The second-order valence-corrected chi connectivity index (χ2v) is 8.29. The molecule has 4 aromatic carbocycles. The molecule has 0 aromatic heterocycles. The van der Waals surface area contributed by atoms with Crippen LogP contribution in [-0.2, 0) is 4.79 Å². The van der Waals surface area contributed by atoms with E-state index in [0.29, 0.717) is 0 Å². The van der Waals surface area contributed by atoms with Crippen LogP contribution < -0.4 is 0 Å². The number of ketones is 1. The van der Waals surface area contributed by atoms with Gasteiger partial charge in [-0.3, -0.25) is 4.79 Å². The summed E-state index contributed by atoms with van der Waals surface area (Å²) in [6.45, 7) is 4.14. The molecule has 0 spiro atoms. The van der Waals surface area contributed by atoms with E-state index in [1.807, 2.05) is 36.4 Å². The van der Waals surface area contributed by atoms with Crippen LogP contribution in [0.3, 0.4) is 0 Å². The minimum atomic E-state index is 0.0791. The van der Waals surface area contributed by atoms with Crippen LogP contribution in [0.1, 0.15) is 33.4 Å². The number of carbonyl (C=O) groups excluding carboxylic acids is 1. The summed E-state index contributed by atoms with van der Waals surface area (Å²) in [5.41, 5.74) is 9.91. The van der Waals surface area contributed by atoms with Gasteiger partial charge >= 0.3 is 0 Å². The molecule has 0 saturated heterocycles. The molecule has 0 N–H and O–H groups in total. The third-order valence-corrected chi connectivity index (χ3v) is 6.01. The third kappa shape index (κ3) is 3.52. The lowest BCUT2D eigenvalue weighted by atomic mass is 9.89. The van der Waals surface area contributed by atoms with Crippen molar-refractivity contribution in [3.05, 3.63) is 143 Å². The highest BCUT2D eigenvalue weighted by Gasteiger charge is 2.35. The lowest BCUT2D eigenvalue weighted by molar-refractivity contribution is -0.108. The van der Waals surface area contributed by atoms with Gasteiger partial charge in [0.15, 0.2) is 5.78 Å². The van der Waals surface area contributed by atoms with Crippen LogP contribution in [0, 0.1) is 13.8 Å². The number of hydrogen-bond donors (Lipinski definition) is 0. The van der Waals surface area contributed by atoms with Crippen molar-refractivity contribution >= 4 is 28.1 Å². The molecule has 0 atom stereocenters. The van der Waals surface area contributed by atoms with Gasteiger partial charge in [-0.1, -0.05) is 120 Å². The Labute approximate surface area is 189 Å². The van der Waals surface area contributed by atoms with Gasteiger partial charge < -0.3 is 0 Å². The third-order valence-electron chi connectivity index (χ3n) is 6.01. The highest BCUT2D eigenvalue weighted by atomic mass is 16.1. The number of Topliss-reactive ketones (excluding diaryl/α,β-unsaturated/α-hetero) is 1. The molecular formula is C31H24O. The van der Waals surface area contributed by atoms with Crippen LogP contribution >= 0.6 is 0 Å². The average molecular weight is 413 g/mol. The van der Waals surface area contributed by atoms with Crippen LogP contribution in [0.5, 0.6) is 0 Å². The Balaban J connectivity index is 1.86. The highest BCUT2D eigenvalue weighted by Crippen LogP contribution is 2.49. The molecular weight excluding hydrogens is 388 g/mol.